The van der Waals surface area contributed by atoms with Crippen LogP contribution in [-0.2, 0) is 14.5 Å². The second-order valence-corrected chi connectivity index (χ2v) is 4.31. The number of nitrogens with two attached hydrogens (primary N) is 1. The molecule has 0 aromatic rings. The first-order valence-corrected chi connectivity index (χ1v) is 4.79. The highest BCUT2D eigenvalue weighted by molar-refractivity contribution is 7.84. The van der Waals surface area contributed by atoms with E-state index < -0.39 is 17.1 Å². The van der Waals surface area contributed by atoms with Crippen LogP contribution in [-0.4, -0.2) is 46.9 Å². The van der Waals surface area contributed by atoms with E-state index in [1.54, 1.807) is 14.1 Å². The predicted octanol–water partition coefficient (Wildman–Crippen LogP) is -3.79. The summed E-state index contributed by atoms with van der Waals surface area (Å²) < 4.78 is 36.9. The molecule has 13 heavy (non-hydrogen) atoms. The maximum atomic E-state index is 12.1. The SMILES string of the molecule is C[N+](C)(CF)CCOS(N)(=O)=O.[Cl-]. The maximum Gasteiger partial charge on any atom is 0.333 e. The molecule has 0 atom stereocenters. The van der Waals surface area contributed by atoms with Gasteiger partial charge >= 0.3 is 10.3 Å². The first kappa shape index (κ1) is 15.5. The standard InChI is InChI=1S/C5H14FN2O3S.ClH/c1-8(2,5-6)3-4-11-12(7,9)10;/h3-5H2,1-2H3,(H2,7,9,10);1H/q+1;/p-1. The molecule has 0 aromatic carbocycles. The van der Waals surface area contributed by atoms with Crippen molar-refractivity contribution in [2.45, 2.75) is 0 Å². The average molecular weight is 237 g/mol. The van der Waals surface area contributed by atoms with Gasteiger partial charge in [0.05, 0.1) is 14.1 Å². The van der Waals surface area contributed by atoms with E-state index in [4.69, 9.17) is 0 Å². The van der Waals surface area contributed by atoms with Crippen LogP contribution in [0.3, 0.4) is 0 Å². The zero-order chi connectivity index (χ0) is 9.83. The fourth-order valence-electron chi connectivity index (χ4n) is 0.460. The van der Waals surface area contributed by atoms with E-state index in [0.717, 1.165) is 0 Å². The second-order valence-electron chi connectivity index (χ2n) is 3.09. The lowest BCUT2D eigenvalue weighted by atomic mass is 10.5. The molecular weight excluding hydrogens is 223 g/mol. The molecular formula is C5H14ClFN2O3S. The molecule has 0 bridgehead atoms. The summed E-state index contributed by atoms with van der Waals surface area (Å²) in [7, 11) is -0.652. The molecule has 0 saturated heterocycles. The van der Waals surface area contributed by atoms with Crippen molar-refractivity contribution in [3.8, 4) is 0 Å². The molecule has 0 aromatic heterocycles. The highest BCUT2D eigenvalue weighted by Crippen LogP contribution is 1.96. The highest BCUT2D eigenvalue weighted by atomic mass is 35.5. The van der Waals surface area contributed by atoms with Crippen LogP contribution in [0.15, 0.2) is 0 Å². The normalized spacial score (nSPS) is 12.3. The molecule has 0 aliphatic carbocycles. The van der Waals surface area contributed by atoms with Gasteiger partial charge in [-0.3, -0.25) is 4.18 Å². The van der Waals surface area contributed by atoms with Gasteiger partial charge in [-0.05, 0) is 0 Å². The minimum atomic E-state index is -3.89. The maximum absolute atomic E-state index is 12.1. The van der Waals surface area contributed by atoms with Crippen molar-refractivity contribution in [3.05, 3.63) is 0 Å². The van der Waals surface area contributed by atoms with Gasteiger partial charge in [-0.2, -0.15) is 12.8 Å². The Morgan fingerprint density at radius 1 is 1.46 bits per heavy atom. The van der Waals surface area contributed by atoms with Gasteiger partial charge < -0.3 is 16.9 Å². The Morgan fingerprint density at radius 2 is 1.92 bits per heavy atom. The van der Waals surface area contributed by atoms with Crippen LogP contribution in [0.2, 0.25) is 0 Å². The third-order valence-electron chi connectivity index (χ3n) is 1.27. The summed E-state index contributed by atoms with van der Waals surface area (Å²) in [5.41, 5.74) is 0. The Kier molecular flexibility index (Phi) is 6.82. The molecule has 82 valence electrons. The van der Waals surface area contributed by atoms with Crippen LogP contribution < -0.4 is 17.5 Å². The number of quaternary nitrogens is 1. The monoisotopic (exact) mass is 236 g/mol. The van der Waals surface area contributed by atoms with E-state index in [1.807, 2.05) is 0 Å². The van der Waals surface area contributed by atoms with E-state index in [2.05, 4.69) is 9.32 Å². The van der Waals surface area contributed by atoms with Gasteiger partial charge in [-0.15, -0.1) is 0 Å². The van der Waals surface area contributed by atoms with Crippen LogP contribution in [0.4, 0.5) is 4.39 Å². The van der Waals surface area contributed by atoms with Crippen molar-refractivity contribution in [3.63, 3.8) is 0 Å². The molecule has 0 spiro atoms. The Labute approximate surface area is 83.9 Å². The minimum Gasteiger partial charge on any atom is -1.00 e. The second kappa shape index (κ2) is 5.71. The largest absolute Gasteiger partial charge is 1.00 e. The summed E-state index contributed by atoms with van der Waals surface area (Å²) in [4.78, 5) is 0. The molecule has 0 radical (unpaired) electrons. The van der Waals surface area contributed by atoms with Crippen molar-refractivity contribution >= 4 is 10.3 Å². The number of rotatable bonds is 5. The summed E-state index contributed by atoms with van der Waals surface area (Å²) >= 11 is 0. The third kappa shape index (κ3) is 9.97. The number of alkyl halides is 1. The van der Waals surface area contributed by atoms with E-state index in [-0.39, 0.29) is 30.0 Å². The fraction of sp³-hybridized carbons (Fsp3) is 1.00. The third-order valence-corrected chi connectivity index (χ3v) is 1.76. The Balaban J connectivity index is 0. The fourth-order valence-corrected chi connectivity index (χ4v) is 0.767. The number of hydrogen-bond acceptors (Lipinski definition) is 3. The Hall–Kier alpha value is 0.0500. The summed E-state index contributed by atoms with van der Waals surface area (Å²) in [5, 5.41) is 4.56. The molecule has 8 heteroatoms. The smallest absolute Gasteiger partial charge is 0.333 e. The van der Waals surface area contributed by atoms with Crippen molar-refractivity contribution in [1.29, 1.82) is 0 Å². The van der Waals surface area contributed by atoms with E-state index in [9.17, 15) is 12.8 Å². The number of nitrogens with zero attached hydrogens (tertiary/aromatic N) is 1. The van der Waals surface area contributed by atoms with E-state index in [1.165, 1.54) is 0 Å². The summed E-state index contributed by atoms with van der Waals surface area (Å²) in [6.07, 6.45) is 0. The van der Waals surface area contributed by atoms with Gasteiger partial charge in [0.2, 0.25) is 6.80 Å². The zero-order valence-corrected chi connectivity index (χ0v) is 9.11. The molecule has 0 aliphatic rings. The van der Waals surface area contributed by atoms with Crippen molar-refractivity contribution in [2.24, 2.45) is 5.14 Å². The molecule has 0 saturated carbocycles. The van der Waals surface area contributed by atoms with E-state index >= 15 is 0 Å². The molecule has 2 N–H and O–H groups in total. The summed E-state index contributed by atoms with van der Waals surface area (Å²) in [6.45, 7) is -0.420. The molecule has 0 fully saturated rings. The zero-order valence-electron chi connectivity index (χ0n) is 7.53. The first-order valence-electron chi connectivity index (χ1n) is 3.32. The summed E-state index contributed by atoms with van der Waals surface area (Å²) in [5.74, 6) is 0. The predicted molar refractivity (Wildman–Crippen MR) is 42.0 cm³/mol. The van der Waals surface area contributed by atoms with Gasteiger partial charge in [0.25, 0.3) is 0 Å². The van der Waals surface area contributed by atoms with Gasteiger partial charge in [0.15, 0.2) is 0 Å². The molecule has 0 amide bonds. The molecule has 0 heterocycles. The number of halogens is 2. The van der Waals surface area contributed by atoms with E-state index in [0.29, 0.717) is 0 Å². The van der Waals surface area contributed by atoms with Crippen LogP contribution in [0.25, 0.3) is 0 Å². The minimum absolute atomic E-state index is 0. The lowest BCUT2D eigenvalue weighted by molar-refractivity contribution is -0.902. The Bertz CT molecular complexity index is 232. The van der Waals surface area contributed by atoms with Crippen LogP contribution >= 0.6 is 0 Å². The van der Waals surface area contributed by atoms with Gasteiger partial charge in [0, 0.05) is 0 Å². The molecule has 0 rings (SSSR count). The Morgan fingerprint density at radius 3 is 2.23 bits per heavy atom. The lowest BCUT2D eigenvalue weighted by Crippen LogP contribution is -3.00. The number of hydrogen-bond donors (Lipinski definition) is 1. The van der Waals surface area contributed by atoms with Gasteiger partial charge in [-0.25, -0.2) is 5.14 Å². The van der Waals surface area contributed by atoms with Crippen molar-refractivity contribution < 1.29 is 33.9 Å². The van der Waals surface area contributed by atoms with Crippen LogP contribution in [0.1, 0.15) is 0 Å². The summed E-state index contributed by atoms with van der Waals surface area (Å²) in [6, 6.07) is 0. The number of likely N-dealkylation sites (N-methyl/N-ethyl adjacent to an activating group) is 1. The first-order chi connectivity index (χ1) is 5.27. The van der Waals surface area contributed by atoms with Gasteiger partial charge in [0.1, 0.15) is 13.2 Å². The molecule has 5 nitrogen and oxygen atoms in total. The van der Waals surface area contributed by atoms with Crippen molar-refractivity contribution in [1.82, 2.24) is 0 Å². The highest BCUT2D eigenvalue weighted by Gasteiger charge is 2.15. The lowest BCUT2D eigenvalue weighted by Gasteiger charge is -2.24. The van der Waals surface area contributed by atoms with Gasteiger partial charge in [-0.1, -0.05) is 0 Å². The van der Waals surface area contributed by atoms with Crippen molar-refractivity contribution in [2.75, 3.05) is 34.0 Å². The molecule has 0 aliphatic heterocycles. The topological polar surface area (TPSA) is 69.4 Å². The van der Waals surface area contributed by atoms with Crippen LogP contribution in [0, 0.1) is 0 Å². The van der Waals surface area contributed by atoms with Crippen LogP contribution in [0.5, 0.6) is 0 Å². The average Bonchev–Trinajstić information content (AvgIpc) is 1.84. The quantitative estimate of drug-likeness (QED) is 0.394. The molecule has 0 unspecified atom stereocenters.